The summed E-state index contributed by atoms with van der Waals surface area (Å²) in [6.07, 6.45) is 5.33. The van der Waals surface area contributed by atoms with Gasteiger partial charge in [-0.05, 0) is 18.2 Å². The quantitative estimate of drug-likeness (QED) is 0.816. The summed E-state index contributed by atoms with van der Waals surface area (Å²) >= 11 is 0. The molecular weight excluding hydrogens is 250 g/mol. The largest absolute Gasteiger partial charge is 0.321 e. The van der Waals surface area contributed by atoms with E-state index in [1.165, 1.54) is 0 Å². The first-order chi connectivity index (χ1) is 8.68. The second-order valence-electron chi connectivity index (χ2n) is 3.69. The fourth-order valence-corrected chi connectivity index (χ4v) is 2.13. The lowest BCUT2D eigenvalue weighted by Crippen LogP contribution is -2.28. The van der Waals surface area contributed by atoms with Gasteiger partial charge in [0.1, 0.15) is 0 Å². The Morgan fingerprint density at radius 2 is 1.89 bits per heavy atom. The number of rotatable bonds is 2. The fourth-order valence-electron chi connectivity index (χ4n) is 1.60. The summed E-state index contributed by atoms with van der Waals surface area (Å²) in [5.74, 6) is -0.319. The first-order valence-electron chi connectivity index (χ1n) is 5.37. The molecule has 0 heterocycles. The second-order valence-corrected chi connectivity index (χ2v) is 4.65. The Hall–Kier alpha value is -2.14. The van der Waals surface area contributed by atoms with Gasteiger partial charge in [0.2, 0.25) is 10.3 Å². The molecular formula is C13H11NO3S. The van der Waals surface area contributed by atoms with E-state index in [0.717, 1.165) is 0 Å². The fraction of sp³-hybridized carbons (Fsp3) is 0.0769. The number of amides is 1. The number of carbonyl (C=O) groups excluding carboxylic acids is 1. The van der Waals surface area contributed by atoms with Crippen LogP contribution in [0.5, 0.6) is 0 Å². The second kappa shape index (κ2) is 5.46. The van der Waals surface area contributed by atoms with E-state index < -0.39 is 10.3 Å². The molecule has 0 aromatic heterocycles. The molecule has 1 aromatic rings. The summed E-state index contributed by atoms with van der Waals surface area (Å²) in [7, 11) is -2.32. The molecule has 5 heteroatoms. The zero-order chi connectivity index (χ0) is 13.0. The van der Waals surface area contributed by atoms with Gasteiger partial charge < -0.3 is 5.32 Å². The summed E-state index contributed by atoms with van der Waals surface area (Å²) in [5.41, 5.74) is 0.823. The zero-order valence-electron chi connectivity index (χ0n) is 9.46. The predicted molar refractivity (Wildman–Crippen MR) is 69.7 cm³/mol. The van der Waals surface area contributed by atoms with E-state index in [4.69, 9.17) is 0 Å². The van der Waals surface area contributed by atoms with Crippen molar-refractivity contribution in [3.63, 3.8) is 0 Å². The Bertz CT molecular complexity index is 647. The van der Waals surface area contributed by atoms with Crippen LogP contribution in [0.1, 0.15) is 16.8 Å². The molecule has 1 aliphatic rings. The van der Waals surface area contributed by atoms with E-state index in [2.05, 4.69) is 5.32 Å². The van der Waals surface area contributed by atoms with Crippen LogP contribution in [0, 0.1) is 0 Å². The van der Waals surface area contributed by atoms with Crippen molar-refractivity contribution in [2.75, 3.05) is 0 Å². The molecule has 1 aliphatic carbocycles. The molecule has 0 saturated heterocycles. The Balaban J connectivity index is 2.24. The summed E-state index contributed by atoms with van der Waals surface area (Å²) in [6, 6.07) is 8.65. The lowest BCUT2D eigenvalue weighted by atomic mass is 10.1. The molecule has 18 heavy (non-hydrogen) atoms. The number of carbonyl (C=O) groups is 1. The molecule has 0 saturated carbocycles. The van der Waals surface area contributed by atoms with E-state index in [1.807, 2.05) is 6.07 Å². The van der Waals surface area contributed by atoms with Gasteiger partial charge >= 0.3 is 0 Å². The van der Waals surface area contributed by atoms with Crippen LogP contribution >= 0.6 is 0 Å². The molecule has 1 amide bonds. The van der Waals surface area contributed by atoms with Crippen LogP contribution < -0.4 is 5.32 Å². The smallest absolute Gasteiger partial charge is 0.255 e. The number of hydrogen-bond donors (Lipinski definition) is 1. The van der Waals surface area contributed by atoms with E-state index >= 15 is 0 Å². The van der Waals surface area contributed by atoms with Crippen molar-refractivity contribution in [1.82, 2.24) is 5.32 Å². The monoisotopic (exact) mass is 261 g/mol. The summed E-state index contributed by atoms with van der Waals surface area (Å²) in [5, 5.41) is 2.61. The van der Waals surface area contributed by atoms with Gasteiger partial charge in [0.05, 0.1) is 10.6 Å². The van der Waals surface area contributed by atoms with E-state index in [1.54, 1.807) is 42.5 Å². The molecule has 0 unspecified atom stereocenters. The minimum atomic E-state index is -2.32. The lowest BCUT2D eigenvalue weighted by molar-refractivity contribution is 0.0968. The number of allylic oxidation sites excluding steroid dienone is 4. The van der Waals surface area contributed by atoms with E-state index in [-0.39, 0.29) is 10.8 Å². The van der Waals surface area contributed by atoms with Crippen LogP contribution in [-0.2, 0) is 10.3 Å². The van der Waals surface area contributed by atoms with Crippen LogP contribution in [0.15, 0.2) is 54.3 Å². The third-order valence-electron chi connectivity index (χ3n) is 2.49. The summed E-state index contributed by atoms with van der Waals surface area (Å²) in [6.45, 7) is 0. The van der Waals surface area contributed by atoms with Crippen LogP contribution in [0.2, 0.25) is 0 Å². The average molecular weight is 261 g/mol. The highest BCUT2D eigenvalue weighted by atomic mass is 32.2. The molecule has 0 radical (unpaired) electrons. The van der Waals surface area contributed by atoms with Gasteiger partial charge in [0.25, 0.3) is 5.91 Å². The van der Waals surface area contributed by atoms with Crippen LogP contribution in [-0.4, -0.2) is 19.2 Å². The van der Waals surface area contributed by atoms with Gasteiger partial charge in [-0.25, -0.2) is 0 Å². The first kappa shape index (κ1) is 12.3. The van der Waals surface area contributed by atoms with Crippen molar-refractivity contribution in [1.29, 1.82) is 0 Å². The maximum atomic E-state index is 11.9. The molecule has 1 N–H and O–H groups in total. The Morgan fingerprint density at radius 3 is 2.56 bits per heavy atom. The molecule has 0 atom stereocenters. The van der Waals surface area contributed by atoms with Crippen LogP contribution in [0.25, 0.3) is 0 Å². The Morgan fingerprint density at radius 1 is 1.17 bits per heavy atom. The number of nitrogens with one attached hydrogen (secondary N) is 1. The minimum Gasteiger partial charge on any atom is -0.321 e. The Labute approximate surface area is 106 Å². The molecule has 4 nitrogen and oxygen atoms in total. The highest BCUT2D eigenvalue weighted by molar-refractivity contribution is 7.73. The van der Waals surface area contributed by atoms with Crippen molar-refractivity contribution in [2.45, 2.75) is 6.42 Å². The van der Waals surface area contributed by atoms with Gasteiger partial charge in [-0.15, -0.1) is 0 Å². The van der Waals surface area contributed by atoms with Crippen molar-refractivity contribution in [3.05, 3.63) is 59.8 Å². The van der Waals surface area contributed by atoms with E-state index in [9.17, 15) is 13.2 Å². The van der Waals surface area contributed by atoms with Crippen molar-refractivity contribution in [2.24, 2.45) is 0 Å². The standard InChI is InChI=1S/C13H11NO3S/c15-13(10-6-2-1-3-7-10)14-11-8-4-5-9-12(11)18(16)17/h1-8H,9H2,(H,14,15). The molecule has 92 valence electrons. The molecule has 0 bridgehead atoms. The molecule has 1 aromatic carbocycles. The van der Waals surface area contributed by atoms with Crippen LogP contribution in [0.3, 0.4) is 0 Å². The minimum absolute atomic E-state index is 0.196. The number of hydrogen-bond acceptors (Lipinski definition) is 3. The highest BCUT2D eigenvalue weighted by Crippen LogP contribution is 2.07. The van der Waals surface area contributed by atoms with Gasteiger partial charge in [0.15, 0.2) is 0 Å². The topological polar surface area (TPSA) is 63.2 Å². The third kappa shape index (κ3) is 2.75. The molecule has 0 fully saturated rings. The SMILES string of the molecule is O=C(NC1=CC=CCC1=S(=O)=O)c1ccccc1. The lowest BCUT2D eigenvalue weighted by Gasteiger charge is -2.11. The average Bonchev–Trinajstić information content (AvgIpc) is 2.40. The Kier molecular flexibility index (Phi) is 3.74. The molecule has 0 spiro atoms. The first-order valence-corrected chi connectivity index (χ1v) is 6.44. The predicted octanol–water partition coefficient (Wildman–Crippen LogP) is 1.31. The van der Waals surface area contributed by atoms with Gasteiger partial charge in [-0.3, -0.25) is 4.79 Å². The normalized spacial score (nSPS) is 14.0. The molecule has 2 rings (SSSR count). The maximum Gasteiger partial charge on any atom is 0.255 e. The van der Waals surface area contributed by atoms with Crippen molar-refractivity contribution in [3.8, 4) is 0 Å². The van der Waals surface area contributed by atoms with Crippen LogP contribution in [0.4, 0.5) is 0 Å². The third-order valence-corrected chi connectivity index (χ3v) is 3.28. The van der Waals surface area contributed by atoms with E-state index in [0.29, 0.717) is 17.7 Å². The molecule has 0 aliphatic heterocycles. The van der Waals surface area contributed by atoms with Crippen molar-refractivity contribution < 1.29 is 13.2 Å². The van der Waals surface area contributed by atoms with Crippen molar-refractivity contribution >= 4 is 21.1 Å². The summed E-state index contributed by atoms with van der Waals surface area (Å²) < 4.78 is 22.0. The summed E-state index contributed by atoms with van der Waals surface area (Å²) in [4.78, 5) is 12.1. The maximum absolute atomic E-state index is 11.9. The van der Waals surface area contributed by atoms with Gasteiger partial charge in [-0.2, -0.15) is 8.42 Å². The zero-order valence-corrected chi connectivity index (χ0v) is 10.3. The highest BCUT2D eigenvalue weighted by Gasteiger charge is 2.14. The van der Waals surface area contributed by atoms with Gasteiger partial charge in [0, 0.05) is 12.0 Å². The van der Waals surface area contributed by atoms with Gasteiger partial charge in [-0.1, -0.05) is 30.4 Å². The number of benzene rings is 1.